The van der Waals surface area contributed by atoms with Crippen LogP contribution >= 0.6 is 0 Å². The number of likely N-dealkylation sites (tertiary alicyclic amines) is 1. The van der Waals surface area contributed by atoms with Crippen LogP contribution in [-0.4, -0.2) is 29.4 Å². The van der Waals surface area contributed by atoms with E-state index in [4.69, 9.17) is 5.73 Å². The minimum absolute atomic E-state index is 0.183. The molecule has 0 aromatic heterocycles. The highest BCUT2D eigenvalue weighted by Crippen LogP contribution is 2.32. The lowest BCUT2D eigenvalue weighted by atomic mass is 9.80. The lowest BCUT2D eigenvalue weighted by Crippen LogP contribution is -2.55. The molecule has 0 aromatic rings. The average molecular weight is 182 g/mol. The van der Waals surface area contributed by atoms with Crippen molar-refractivity contribution in [2.45, 2.75) is 44.7 Å². The van der Waals surface area contributed by atoms with Crippen molar-refractivity contribution in [1.82, 2.24) is 4.90 Å². The predicted octanol–water partition coefficient (Wildman–Crippen LogP) is 0.735. The molecule has 1 atom stereocenters. The summed E-state index contributed by atoms with van der Waals surface area (Å²) in [4.78, 5) is 13.7. The summed E-state index contributed by atoms with van der Waals surface area (Å²) >= 11 is 0. The molecule has 1 saturated heterocycles. The van der Waals surface area contributed by atoms with E-state index in [1.165, 1.54) is 12.8 Å². The topological polar surface area (TPSA) is 46.3 Å². The summed E-state index contributed by atoms with van der Waals surface area (Å²) in [7, 11) is 0. The number of hydrogen-bond donors (Lipinski definition) is 1. The maximum Gasteiger partial charge on any atom is 0.239 e. The van der Waals surface area contributed by atoms with E-state index < -0.39 is 0 Å². The lowest BCUT2D eigenvalue weighted by Gasteiger charge is -2.44. The van der Waals surface area contributed by atoms with Crippen LogP contribution in [0.4, 0.5) is 0 Å². The Morgan fingerprint density at radius 2 is 2.15 bits per heavy atom. The van der Waals surface area contributed by atoms with Crippen molar-refractivity contribution in [2.75, 3.05) is 6.54 Å². The molecular weight excluding hydrogens is 164 g/mol. The number of piperidine rings is 1. The maximum absolute atomic E-state index is 11.7. The molecule has 0 bridgehead atoms. The van der Waals surface area contributed by atoms with E-state index >= 15 is 0 Å². The fourth-order valence-electron chi connectivity index (χ4n) is 2.41. The van der Waals surface area contributed by atoms with Gasteiger partial charge in [-0.3, -0.25) is 4.79 Å². The molecule has 1 heterocycles. The first-order valence-electron chi connectivity index (χ1n) is 5.24. The van der Waals surface area contributed by atoms with Gasteiger partial charge >= 0.3 is 0 Å². The molecule has 2 N–H and O–H groups in total. The molecule has 3 nitrogen and oxygen atoms in total. The van der Waals surface area contributed by atoms with E-state index in [9.17, 15) is 4.79 Å². The number of carbonyl (C=O) groups is 1. The molecule has 0 radical (unpaired) electrons. The van der Waals surface area contributed by atoms with Gasteiger partial charge in [-0.25, -0.2) is 0 Å². The van der Waals surface area contributed by atoms with E-state index in [0.29, 0.717) is 6.04 Å². The zero-order chi connectivity index (χ0) is 9.42. The third-order valence-electron chi connectivity index (χ3n) is 3.30. The Morgan fingerprint density at radius 3 is 2.77 bits per heavy atom. The highest BCUT2D eigenvalue weighted by atomic mass is 16.2. The Hall–Kier alpha value is -0.570. The molecule has 0 aromatic carbocycles. The standard InChI is InChI=1S/C10H18N2O/c1-7-5-8(6-7)12-4-2-3-9(11)10(12)13/h7-9H,2-6,11H2,1H3. The van der Waals surface area contributed by atoms with Crippen molar-refractivity contribution in [3.63, 3.8) is 0 Å². The van der Waals surface area contributed by atoms with Gasteiger partial charge in [0.05, 0.1) is 6.04 Å². The molecular formula is C10H18N2O. The second kappa shape index (κ2) is 3.29. The van der Waals surface area contributed by atoms with Crippen molar-refractivity contribution in [1.29, 1.82) is 0 Å². The van der Waals surface area contributed by atoms with Crippen molar-refractivity contribution >= 4 is 5.91 Å². The van der Waals surface area contributed by atoms with Crippen LogP contribution in [0.25, 0.3) is 0 Å². The fourth-order valence-corrected chi connectivity index (χ4v) is 2.41. The summed E-state index contributed by atoms with van der Waals surface area (Å²) in [6.45, 7) is 3.18. The molecule has 1 unspecified atom stereocenters. The molecule has 1 aliphatic heterocycles. The Bertz CT molecular complexity index is 211. The predicted molar refractivity (Wildman–Crippen MR) is 51.1 cm³/mol. The Kier molecular flexibility index (Phi) is 2.28. The zero-order valence-corrected chi connectivity index (χ0v) is 8.20. The van der Waals surface area contributed by atoms with Gasteiger partial charge in [0.15, 0.2) is 0 Å². The number of hydrogen-bond acceptors (Lipinski definition) is 2. The molecule has 74 valence electrons. The summed E-state index contributed by atoms with van der Waals surface area (Å²) in [5.74, 6) is 0.985. The number of nitrogens with zero attached hydrogens (tertiary/aromatic N) is 1. The molecule has 13 heavy (non-hydrogen) atoms. The molecule has 0 spiro atoms. The van der Waals surface area contributed by atoms with Crippen LogP contribution in [0, 0.1) is 5.92 Å². The summed E-state index contributed by atoms with van der Waals surface area (Å²) in [6, 6.07) is 0.290. The third kappa shape index (κ3) is 1.57. The first kappa shape index (κ1) is 9.00. The minimum atomic E-state index is -0.218. The highest BCUT2D eigenvalue weighted by molar-refractivity contribution is 5.82. The summed E-state index contributed by atoms with van der Waals surface area (Å²) in [6.07, 6.45) is 4.31. The van der Waals surface area contributed by atoms with Gasteiger partial charge in [-0.1, -0.05) is 6.92 Å². The number of amides is 1. The van der Waals surface area contributed by atoms with Crippen LogP contribution in [0.15, 0.2) is 0 Å². The molecule has 1 amide bonds. The van der Waals surface area contributed by atoms with Gasteiger partial charge in [-0.2, -0.15) is 0 Å². The van der Waals surface area contributed by atoms with Crippen LogP contribution in [0.5, 0.6) is 0 Å². The lowest BCUT2D eigenvalue weighted by molar-refractivity contribution is -0.140. The van der Waals surface area contributed by atoms with E-state index in [2.05, 4.69) is 6.92 Å². The van der Waals surface area contributed by atoms with Gasteiger partial charge in [-0.05, 0) is 31.6 Å². The SMILES string of the molecule is CC1CC(N2CCCC(N)C2=O)C1. The number of rotatable bonds is 1. The molecule has 1 aliphatic carbocycles. The minimum Gasteiger partial charge on any atom is -0.338 e. The third-order valence-corrected chi connectivity index (χ3v) is 3.30. The molecule has 2 fully saturated rings. The van der Waals surface area contributed by atoms with Crippen molar-refractivity contribution in [3.8, 4) is 0 Å². The second-order valence-corrected chi connectivity index (χ2v) is 4.51. The fraction of sp³-hybridized carbons (Fsp3) is 0.900. The van der Waals surface area contributed by atoms with Crippen LogP contribution < -0.4 is 5.73 Å². The molecule has 2 aliphatic rings. The van der Waals surface area contributed by atoms with E-state index in [1.54, 1.807) is 0 Å². The van der Waals surface area contributed by atoms with Crippen molar-refractivity contribution in [3.05, 3.63) is 0 Å². The number of carbonyl (C=O) groups excluding carboxylic acids is 1. The Morgan fingerprint density at radius 1 is 1.46 bits per heavy atom. The van der Waals surface area contributed by atoms with E-state index in [1.807, 2.05) is 4.90 Å². The van der Waals surface area contributed by atoms with Crippen LogP contribution in [-0.2, 0) is 4.79 Å². The number of nitrogens with two attached hydrogens (primary N) is 1. The first-order chi connectivity index (χ1) is 6.18. The smallest absolute Gasteiger partial charge is 0.239 e. The van der Waals surface area contributed by atoms with Crippen LogP contribution in [0.3, 0.4) is 0 Å². The monoisotopic (exact) mass is 182 g/mol. The van der Waals surface area contributed by atoms with Gasteiger partial charge in [0.1, 0.15) is 0 Å². The summed E-state index contributed by atoms with van der Waals surface area (Å²) in [5, 5.41) is 0. The second-order valence-electron chi connectivity index (χ2n) is 4.51. The highest BCUT2D eigenvalue weighted by Gasteiger charge is 2.36. The van der Waals surface area contributed by atoms with Crippen LogP contribution in [0.1, 0.15) is 32.6 Å². The summed E-state index contributed by atoms with van der Waals surface area (Å²) < 4.78 is 0. The Balaban J connectivity index is 1.94. The quantitative estimate of drug-likeness (QED) is 0.650. The first-order valence-corrected chi connectivity index (χ1v) is 5.24. The van der Waals surface area contributed by atoms with Gasteiger partial charge in [0.2, 0.25) is 5.91 Å². The summed E-state index contributed by atoms with van der Waals surface area (Å²) in [5.41, 5.74) is 5.73. The largest absolute Gasteiger partial charge is 0.338 e. The van der Waals surface area contributed by atoms with E-state index in [0.717, 1.165) is 25.3 Å². The Labute approximate surface area is 79.3 Å². The van der Waals surface area contributed by atoms with Gasteiger partial charge < -0.3 is 10.6 Å². The van der Waals surface area contributed by atoms with E-state index in [-0.39, 0.29) is 11.9 Å². The normalized spacial score (nSPS) is 40.3. The van der Waals surface area contributed by atoms with Gasteiger partial charge in [-0.15, -0.1) is 0 Å². The van der Waals surface area contributed by atoms with Crippen molar-refractivity contribution < 1.29 is 4.79 Å². The van der Waals surface area contributed by atoms with Crippen molar-refractivity contribution in [2.24, 2.45) is 11.7 Å². The molecule has 2 rings (SSSR count). The van der Waals surface area contributed by atoms with Gasteiger partial charge in [0.25, 0.3) is 0 Å². The van der Waals surface area contributed by atoms with Crippen LogP contribution in [0.2, 0.25) is 0 Å². The molecule has 3 heteroatoms. The van der Waals surface area contributed by atoms with Gasteiger partial charge in [0, 0.05) is 12.6 Å². The average Bonchev–Trinajstić information content (AvgIpc) is 2.05. The molecule has 1 saturated carbocycles. The maximum atomic E-state index is 11.7. The zero-order valence-electron chi connectivity index (χ0n) is 8.20.